The lowest BCUT2D eigenvalue weighted by atomic mass is 10.3. The van der Waals surface area contributed by atoms with Crippen LogP contribution in [0.3, 0.4) is 0 Å². The van der Waals surface area contributed by atoms with E-state index in [2.05, 4.69) is 37.2 Å². The summed E-state index contributed by atoms with van der Waals surface area (Å²) in [5, 5.41) is 13.0. The Bertz CT molecular complexity index is 531. The van der Waals surface area contributed by atoms with Gasteiger partial charge < -0.3 is 19.6 Å². The largest absolute Gasteiger partial charge is 0.467 e. The Morgan fingerprint density at radius 1 is 1.30 bits per heavy atom. The molecule has 2 rings (SSSR count). The van der Waals surface area contributed by atoms with E-state index in [0.29, 0.717) is 13.2 Å². The third-order valence-corrected chi connectivity index (χ3v) is 3.74. The van der Waals surface area contributed by atoms with Crippen LogP contribution in [0.4, 0.5) is 5.69 Å². The van der Waals surface area contributed by atoms with Crippen LogP contribution in [-0.4, -0.2) is 24.4 Å². The van der Waals surface area contributed by atoms with Crippen LogP contribution in [0.5, 0.6) is 0 Å². The Kier molecular flexibility index (Phi) is 6.09. The zero-order valence-corrected chi connectivity index (χ0v) is 13.9. The number of furan rings is 1. The molecule has 0 aliphatic carbocycles. The van der Waals surface area contributed by atoms with Gasteiger partial charge in [0.2, 0.25) is 0 Å². The normalized spacial score (nSPS) is 12.3. The fourth-order valence-corrected chi connectivity index (χ4v) is 2.80. The molecular weight excluding hydrogens is 390 g/mol. The molecule has 1 atom stereocenters. The van der Waals surface area contributed by atoms with Crippen LogP contribution in [0, 0.1) is 0 Å². The molecule has 0 radical (unpaired) electrons. The number of rotatable bonds is 7. The summed E-state index contributed by atoms with van der Waals surface area (Å²) in [6, 6.07) is 9.46. The molecule has 0 spiro atoms. The first-order chi connectivity index (χ1) is 9.65. The number of hydrogen-bond donors (Lipinski definition) is 2. The van der Waals surface area contributed by atoms with Gasteiger partial charge in [0.05, 0.1) is 19.0 Å². The summed E-state index contributed by atoms with van der Waals surface area (Å²) in [4.78, 5) is 0. The summed E-state index contributed by atoms with van der Waals surface area (Å²) in [7, 11) is 0. The Morgan fingerprint density at radius 2 is 2.15 bits per heavy atom. The number of hydrogen-bond acceptors (Lipinski definition) is 4. The smallest absolute Gasteiger partial charge is 0.129 e. The Balaban J connectivity index is 1.70. The quantitative estimate of drug-likeness (QED) is 0.736. The summed E-state index contributed by atoms with van der Waals surface area (Å²) in [6.07, 6.45) is 1.02. The van der Waals surface area contributed by atoms with Crippen molar-refractivity contribution in [2.75, 3.05) is 18.5 Å². The van der Waals surface area contributed by atoms with Gasteiger partial charge in [-0.2, -0.15) is 0 Å². The highest BCUT2D eigenvalue weighted by molar-refractivity contribution is 9.11. The third kappa shape index (κ3) is 4.94. The number of anilines is 1. The van der Waals surface area contributed by atoms with Crippen molar-refractivity contribution in [3.8, 4) is 0 Å². The van der Waals surface area contributed by atoms with Crippen LogP contribution < -0.4 is 5.32 Å². The molecule has 1 aromatic heterocycles. The van der Waals surface area contributed by atoms with Crippen LogP contribution in [0.25, 0.3) is 0 Å². The van der Waals surface area contributed by atoms with Crippen LogP contribution in [0.2, 0.25) is 0 Å². The minimum Gasteiger partial charge on any atom is -0.467 e. The fraction of sp³-hybridized carbons (Fsp3) is 0.286. The molecule has 6 heteroatoms. The van der Waals surface area contributed by atoms with E-state index in [4.69, 9.17) is 9.15 Å². The average Bonchev–Trinajstić information content (AvgIpc) is 2.91. The van der Waals surface area contributed by atoms with Crippen LogP contribution in [-0.2, 0) is 11.3 Å². The predicted octanol–water partition coefficient (Wildman–Crippen LogP) is 3.79. The maximum atomic E-state index is 9.84. The Hall–Kier alpha value is -0.820. The zero-order valence-electron chi connectivity index (χ0n) is 10.7. The summed E-state index contributed by atoms with van der Waals surface area (Å²) in [5.41, 5.74) is 0.929. The van der Waals surface area contributed by atoms with E-state index in [1.54, 1.807) is 6.26 Å². The SMILES string of the molecule is OC(CNc1ccc(Br)cc1Br)COCc1ccco1. The van der Waals surface area contributed by atoms with Gasteiger partial charge in [0, 0.05) is 21.2 Å². The van der Waals surface area contributed by atoms with Crippen molar-refractivity contribution in [3.63, 3.8) is 0 Å². The second-order valence-corrected chi connectivity index (χ2v) is 6.02. The van der Waals surface area contributed by atoms with Gasteiger partial charge in [-0.25, -0.2) is 0 Å². The van der Waals surface area contributed by atoms with Gasteiger partial charge >= 0.3 is 0 Å². The highest BCUT2D eigenvalue weighted by Gasteiger charge is 2.07. The predicted molar refractivity (Wildman–Crippen MR) is 84.7 cm³/mol. The molecule has 0 bridgehead atoms. The molecule has 0 amide bonds. The first kappa shape index (κ1) is 15.6. The lowest BCUT2D eigenvalue weighted by Crippen LogP contribution is -2.24. The highest BCUT2D eigenvalue weighted by Crippen LogP contribution is 2.25. The third-order valence-electron chi connectivity index (χ3n) is 2.59. The van der Waals surface area contributed by atoms with E-state index in [0.717, 1.165) is 20.4 Å². The van der Waals surface area contributed by atoms with Crippen molar-refractivity contribution in [2.24, 2.45) is 0 Å². The van der Waals surface area contributed by atoms with E-state index in [9.17, 15) is 5.11 Å². The van der Waals surface area contributed by atoms with Crippen molar-refractivity contribution in [1.82, 2.24) is 0 Å². The molecule has 2 N–H and O–H groups in total. The van der Waals surface area contributed by atoms with E-state index in [-0.39, 0.29) is 6.61 Å². The van der Waals surface area contributed by atoms with Crippen molar-refractivity contribution >= 4 is 37.5 Å². The molecule has 0 fully saturated rings. The lowest BCUT2D eigenvalue weighted by Gasteiger charge is -2.14. The van der Waals surface area contributed by atoms with Gasteiger partial charge in [0.25, 0.3) is 0 Å². The van der Waals surface area contributed by atoms with Crippen molar-refractivity contribution < 1.29 is 14.3 Å². The minimum atomic E-state index is -0.583. The first-order valence-electron chi connectivity index (χ1n) is 6.12. The van der Waals surface area contributed by atoms with Gasteiger partial charge in [-0.05, 0) is 46.3 Å². The van der Waals surface area contributed by atoms with E-state index < -0.39 is 6.10 Å². The second-order valence-electron chi connectivity index (χ2n) is 4.25. The molecule has 0 saturated heterocycles. The van der Waals surface area contributed by atoms with Crippen LogP contribution >= 0.6 is 31.9 Å². The van der Waals surface area contributed by atoms with E-state index >= 15 is 0 Å². The van der Waals surface area contributed by atoms with Gasteiger partial charge in [-0.15, -0.1) is 0 Å². The maximum Gasteiger partial charge on any atom is 0.129 e. The van der Waals surface area contributed by atoms with E-state index in [1.165, 1.54) is 0 Å². The summed E-state index contributed by atoms with van der Waals surface area (Å²) in [5.74, 6) is 0.751. The Morgan fingerprint density at radius 3 is 2.85 bits per heavy atom. The second kappa shape index (κ2) is 7.83. The highest BCUT2D eigenvalue weighted by atomic mass is 79.9. The molecule has 2 aromatic rings. The lowest BCUT2D eigenvalue weighted by molar-refractivity contribution is 0.0282. The topological polar surface area (TPSA) is 54.6 Å². The number of ether oxygens (including phenoxy) is 1. The van der Waals surface area contributed by atoms with E-state index in [1.807, 2.05) is 30.3 Å². The number of halogens is 2. The molecule has 1 heterocycles. The van der Waals surface area contributed by atoms with Crippen LogP contribution in [0.1, 0.15) is 5.76 Å². The number of benzene rings is 1. The fourth-order valence-electron chi connectivity index (χ4n) is 1.61. The zero-order chi connectivity index (χ0) is 14.4. The number of aliphatic hydroxyl groups excluding tert-OH is 1. The molecular formula is C14H15Br2NO3. The maximum absolute atomic E-state index is 9.84. The van der Waals surface area contributed by atoms with Crippen molar-refractivity contribution in [1.29, 1.82) is 0 Å². The first-order valence-corrected chi connectivity index (χ1v) is 7.71. The standard InChI is InChI=1S/C14H15Br2NO3/c15-10-3-4-14(13(16)6-10)17-7-11(18)8-19-9-12-2-1-5-20-12/h1-6,11,17-18H,7-9H2. The van der Waals surface area contributed by atoms with Crippen molar-refractivity contribution in [2.45, 2.75) is 12.7 Å². The van der Waals surface area contributed by atoms with Crippen LogP contribution in [0.15, 0.2) is 50.0 Å². The summed E-state index contributed by atoms with van der Waals surface area (Å²) >= 11 is 6.85. The molecule has 4 nitrogen and oxygen atoms in total. The summed E-state index contributed by atoms with van der Waals surface area (Å²) in [6.45, 7) is 1.03. The van der Waals surface area contributed by atoms with Gasteiger partial charge in [0.15, 0.2) is 0 Å². The summed E-state index contributed by atoms with van der Waals surface area (Å²) < 4.78 is 12.5. The molecule has 0 aliphatic rings. The monoisotopic (exact) mass is 403 g/mol. The Labute approximate surface area is 134 Å². The van der Waals surface area contributed by atoms with Gasteiger partial charge in [-0.3, -0.25) is 0 Å². The van der Waals surface area contributed by atoms with Gasteiger partial charge in [-0.1, -0.05) is 15.9 Å². The number of aliphatic hydroxyl groups is 1. The molecule has 20 heavy (non-hydrogen) atoms. The molecule has 108 valence electrons. The number of nitrogens with one attached hydrogen (secondary N) is 1. The molecule has 1 aromatic carbocycles. The minimum absolute atomic E-state index is 0.252. The van der Waals surface area contributed by atoms with Gasteiger partial charge in [0.1, 0.15) is 12.4 Å². The molecule has 0 saturated carbocycles. The molecule has 1 unspecified atom stereocenters. The molecule has 0 aliphatic heterocycles. The van der Waals surface area contributed by atoms with Crippen molar-refractivity contribution in [3.05, 3.63) is 51.3 Å². The average molecular weight is 405 g/mol.